The summed E-state index contributed by atoms with van der Waals surface area (Å²) in [6, 6.07) is 20.0. The van der Waals surface area contributed by atoms with E-state index in [1.165, 1.54) is 38.4 Å². The molecule has 182 valence electrons. The van der Waals surface area contributed by atoms with Gasteiger partial charge in [-0.15, -0.1) is 0 Å². The molecule has 9 nitrogen and oxygen atoms in total. The number of hydrogen-bond donors (Lipinski definition) is 1. The highest BCUT2D eigenvalue weighted by molar-refractivity contribution is 7.89. The van der Waals surface area contributed by atoms with E-state index in [9.17, 15) is 18.0 Å². The van der Waals surface area contributed by atoms with E-state index in [1.54, 1.807) is 23.1 Å². The third-order valence-corrected chi connectivity index (χ3v) is 7.21. The van der Waals surface area contributed by atoms with Crippen LogP contribution >= 0.6 is 0 Å². The van der Waals surface area contributed by atoms with Gasteiger partial charge in [-0.2, -0.15) is 0 Å². The molecule has 1 aliphatic heterocycles. The maximum absolute atomic E-state index is 12.7. The van der Waals surface area contributed by atoms with Gasteiger partial charge in [0.1, 0.15) is 18.1 Å². The van der Waals surface area contributed by atoms with Gasteiger partial charge in [-0.3, -0.25) is 9.59 Å². The lowest BCUT2D eigenvalue weighted by Crippen LogP contribution is -2.41. The molecule has 10 heteroatoms. The van der Waals surface area contributed by atoms with Crippen molar-refractivity contribution >= 4 is 33.2 Å². The third kappa shape index (κ3) is 5.44. The molecule has 1 N–H and O–H groups in total. The number of benzene rings is 3. The summed E-state index contributed by atoms with van der Waals surface area (Å²) in [5.41, 5.74) is 1.29. The van der Waals surface area contributed by atoms with Gasteiger partial charge < -0.3 is 19.7 Å². The Bertz CT molecular complexity index is 1330. The number of hydrogen-bond acceptors (Lipinski definition) is 6. The fourth-order valence-corrected chi connectivity index (χ4v) is 4.39. The minimum absolute atomic E-state index is 0.0771. The monoisotopic (exact) mass is 495 g/mol. The van der Waals surface area contributed by atoms with E-state index in [2.05, 4.69) is 5.32 Å². The topological polar surface area (TPSA) is 105 Å². The second-order valence-corrected chi connectivity index (χ2v) is 10.1. The maximum atomic E-state index is 12.7. The highest BCUT2D eigenvalue weighted by Crippen LogP contribution is 2.34. The van der Waals surface area contributed by atoms with Crippen LogP contribution in [0.4, 0.5) is 11.4 Å². The first kappa shape index (κ1) is 24.2. The molecule has 0 aliphatic carbocycles. The van der Waals surface area contributed by atoms with Crippen molar-refractivity contribution in [2.45, 2.75) is 4.90 Å². The fourth-order valence-electron chi connectivity index (χ4n) is 3.49. The van der Waals surface area contributed by atoms with Crippen LogP contribution in [0.25, 0.3) is 0 Å². The van der Waals surface area contributed by atoms with Crippen molar-refractivity contribution in [3.05, 3.63) is 78.4 Å². The zero-order valence-corrected chi connectivity index (χ0v) is 20.1. The maximum Gasteiger partial charge on any atom is 0.265 e. The van der Waals surface area contributed by atoms with Crippen LogP contribution in [-0.2, 0) is 14.8 Å². The first-order valence-corrected chi connectivity index (χ1v) is 12.3. The van der Waals surface area contributed by atoms with Gasteiger partial charge in [-0.1, -0.05) is 18.2 Å². The van der Waals surface area contributed by atoms with Crippen LogP contribution in [0.15, 0.2) is 77.7 Å². The van der Waals surface area contributed by atoms with Crippen molar-refractivity contribution in [3.8, 4) is 11.5 Å². The van der Waals surface area contributed by atoms with Gasteiger partial charge in [-0.05, 0) is 54.6 Å². The smallest absolute Gasteiger partial charge is 0.265 e. The lowest BCUT2D eigenvalue weighted by molar-refractivity contribution is -0.121. The van der Waals surface area contributed by atoms with Crippen LogP contribution in [0.3, 0.4) is 0 Å². The number of carbonyl (C=O) groups excluding carboxylic acids is 2. The van der Waals surface area contributed by atoms with Crippen LogP contribution in [0.5, 0.6) is 11.5 Å². The number of sulfonamides is 1. The van der Waals surface area contributed by atoms with E-state index in [1.807, 2.05) is 30.3 Å². The highest BCUT2D eigenvalue weighted by atomic mass is 32.2. The minimum atomic E-state index is -3.59. The predicted octanol–water partition coefficient (Wildman–Crippen LogP) is 2.99. The van der Waals surface area contributed by atoms with Crippen LogP contribution in [0, 0.1) is 0 Å². The van der Waals surface area contributed by atoms with Crippen molar-refractivity contribution in [1.29, 1.82) is 0 Å². The van der Waals surface area contributed by atoms with Gasteiger partial charge in [0.15, 0.2) is 6.61 Å². The van der Waals surface area contributed by atoms with E-state index >= 15 is 0 Å². The number of para-hydroxylation sites is 1. The molecule has 0 saturated heterocycles. The summed E-state index contributed by atoms with van der Waals surface area (Å²) in [7, 11) is -0.701. The van der Waals surface area contributed by atoms with Crippen molar-refractivity contribution in [1.82, 2.24) is 4.31 Å². The quantitative estimate of drug-likeness (QED) is 0.515. The van der Waals surface area contributed by atoms with Gasteiger partial charge in [0.2, 0.25) is 10.0 Å². The van der Waals surface area contributed by atoms with E-state index in [0.717, 1.165) is 4.31 Å². The molecular formula is C25H25N3O6S. The average Bonchev–Trinajstić information content (AvgIpc) is 2.86. The molecule has 0 atom stereocenters. The lowest BCUT2D eigenvalue weighted by atomic mass is 10.1. The molecule has 0 aromatic heterocycles. The molecule has 1 heterocycles. The molecule has 3 aromatic carbocycles. The minimum Gasteiger partial charge on any atom is -0.492 e. The standard InChI is InChI=1S/C25H25N3O6S/c1-27(2)35(31,32)21-11-8-18(9-12-21)25(30)26-19-10-13-23-22(16-19)28(24(29)17-34-23)14-15-33-20-6-4-3-5-7-20/h3-13,16H,14-15,17H2,1-2H3,(H,26,30). The van der Waals surface area contributed by atoms with Gasteiger partial charge in [0.25, 0.3) is 11.8 Å². The molecule has 0 bridgehead atoms. The van der Waals surface area contributed by atoms with Gasteiger partial charge in [-0.25, -0.2) is 12.7 Å². The number of anilines is 2. The van der Waals surface area contributed by atoms with E-state index in [-0.39, 0.29) is 24.0 Å². The molecule has 0 fully saturated rings. The summed E-state index contributed by atoms with van der Waals surface area (Å²) >= 11 is 0. The molecular weight excluding hydrogens is 470 g/mol. The Hall–Kier alpha value is -3.89. The number of ether oxygens (including phenoxy) is 2. The first-order chi connectivity index (χ1) is 16.8. The van der Waals surface area contributed by atoms with E-state index < -0.39 is 15.9 Å². The molecule has 35 heavy (non-hydrogen) atoms. The van der Waals surface area contributed by atoms with Crippen molar-refractivity contribution in [3.63, 3.8) is 0 Å². The predicted molar refractivity (Wildman–Crippen MR) is 131 cm³/mol. The summed E-state index contributed by atoms with van der Waals surface area (Å²) in [5, 5.41) is 2.78. The number of carbonyl (C=O) groups is 2. The van der Waals surface area contributed by atoms with E-state index in [4.69, 9.17) is 9.47 Å². The summed E-state index contributed by atoms with van der Waals surface area (Å²) in [4.78, 5) is 26.9. The molecule has 0 radical (unpaired) electrons. The normalized spacial score (nSPS) is 13.2. The SMILES string of the molecule is CN(C)S(=O)(=O)c1ccc(C(=O)Nc2ccc3c(c2)N(CCOc2ccccc2)C(=O)CO3)cc1. The number of nitrogens with zero attached hydrogens (tertiary/aromatic N) is 2. The Balaban J connectivity index is 1.47. The lowest BCUT2D eigenvalue weighted by Gasteiger charge is -2.29. The molecule has 1 aliphatic rings. The molecule has 0 spiro atoms. The second-order valence-electron chi connectivity index (χ2n) is 7.94. The summed E-state index contributed by atoms with van der Waals surface area (Å²) in [6.07, 6.45) is 0. The number of amides is 2. The van der Waals surface area contributed by atoms with Crippen LogP contribution in [-0.4, -0.2) is 58.4 Å². The molecule has 4 rings (SSSR count). The van der Waals surface area contributed by atoms with Gasteiger partial charge in [0.05, 0.1) is 17.1 Å². The van der Waals surface area contributed by atoms with Crippen molar-refractivity contribution in [2.75, 3.05) is 44.1 Å². The zero-order valence-electron chi connectivity index (χ0n) is 19.3. The summed E-state index contributed by atoms with van der Waals surface area (Å²) in [6.45, 7) is 0.517. The van der Waals surface area contributed by atoms with Crippen LogP contribution < -0.4 is 19.7 Å². The van der Waals surface area contributed by atoms with Crippen LogP contribution in [0.1, 0.15) is 10.4 Å². The largest absolute Gasteiger partial charge is 0.492 e. The van der Waals surface area contributed by atoms with E-state index in [0.29, 0.717) is 35.0 Å². The number of fused-ring (bicyclic) bond motifs is 1. The molecule has 0 unspecified atom stereocenters. The Morgan fingerprint density at radius 3 is 2.46 bits per heavy atom. The van der Waals surface area contributed by atoms with Crippen molar-refractivity contribution < 1.29 is 27.5 Å². The highest BCUT2D eigenvalue weighted by Gasteiger charge is 2.26. The fraction of sp³-hybridized carbons (Fsp3) is 0.200. The number of nitrogens with one attached hydrogen (secondary N) is 1. The average molecular weight is 496 g/mol. The Morgan fingerprint density at radius 2 is 1.77 bits per heavy atom. The van der Waals surface area contributed by atoms with Crippen molar-refractivity contribution in [2.24, 2.45) is 0 Å². The second kappa shape index (κ2) is 10.2. The van der Waals surface area contributed by atoms with Gasteiger partial charge >= 0.3 is 0 Å². The Kier molecular flexibility index (Phi) is 7.04. The molecule has 2 amide bonds. The summed E-state index contributed by atoms with van der Waals surface area (Å²) in [5.74, 6) is 0.607. The zero-order chi connectivity index (χ0) is 25.0. The number of rotatable bonds is 8. The first-order valence-electron chi connectivity index (χ1n) is 10.8. The van der Waals surface area contributed by atoms with Gasteiger partial charge in [0, 0.05) is 25.3 Å². The summed E-state index contributed by atoms with van der Waals surface area (Å²) < 4.78 is 36.8. The Labute approximate surface area is 203 Å². The molecule has 0 saturated carbocycles. The Morgan fingerprint density at radius 1 is 1.06 bits per heavy atom. The van der Waals surface area contributed by atoms with Crippen LogP contribution in [0.2, 0.25) is 0 Å². The third-order valence-electron chi connectivity index (χ3n) is 5.38. The molecule has 3 aromatic rings.